The molecular formula is C68H44N4O. The summed E-state index contributed by atoms with van der Waals surface area (Å²) in [6.45, 7) is 0. The molecule has 3 aliphatic rings. The molecule has 0 N–H and O–H groups in total. The number of benzene rings is 10. The fraction of sp³-hybridized carbons (Fsp3) is 0.0294. The van der Waals surface area contributed by atoms with E-state index in [4.69, 9.17) is 23.4 Å². The Morgan fingerprint density at radius 3 is 1.77 bits per heavy atom. The molecule has 73 heavy (non-hydrogen) atoms. The van der Waals surface area contributed by atoms with Gasteiger partial charge in [0.15, 0.2) is 0 Å². The van der Waals surface area contributed by atoms with E-state index in [9.17, 15) is 0 Å². The van der Waals surface area contributed by atoms with Crippen LogP contribution >= 0.6 is 0 Å². The number of hydrogen-bond acceptors (Lipinski definition) is 2. The summed E-state index contributed by atoms with van der Waals surface area (Å²) in [6, 6.07) is 59.9. The predicted octanol–water partition coefficient (Wildman–Crippen LogP) is 15.5. The molecule has 0 aliphatic heterocycles. The Hall–Kier alpha value is -9.58. The zero-order valence-electron chi connectivity index (χ0n) is 48.8. The number of rotatable bonds is 8. The van der Waals surface area contributed by atoms with Crippen molar-refractivity contribution >= 4 is 32.8 Å². The van der Waals surface area contributed by atoms with Crippen LogP contribution in [0.25, 0.3) is 72.3 Å². The second-order valence-electron chi connectivity index (χ2n) is 18.4. The first-order valence-electron chi connectivity index (χ1n) is 29.2. The number of imidazole rings is 1. The SMILES string of the molecule is [2H]c1c([2H])c([2H])c(-c2cccc(-c3c([2H])c([2H])c([2H])c([2H])c3[2H])c2-[n+]2[c-]n(-c3cccc(Oc4ccc5c6ccccc6n(-c6cc(C78c9ccccc9C(c9ccccc97)c7ccccc78)ccn6)c5c4)c3)c3ccccc32)c([2H])c1[2H]. The van der Waals surface area contributed by atoms with E-state index in [0.29, 0.717) is 28.2 Å². The number of hydrogen-bond donors (Lipinski definition) is 0. The summed E-state index contributed by atoms with van der Waals surface area (Å²) in [5.74, 6) is 1.97. The molecule has 5 heteroatoms. The van der Waals surface area contributed by atoms with Crippen LogP contribution in [0.5, 0.6) is 11.5 Å². The topological polar surface area (TPSA) is 35.9 Å². The molecule has 3 aliphatic carbocycles. The van der Waals surface area contributed by atoms with E-state index in [2.05, 4.69) is 114 Å². The fourth-order valence-electron chi connectivity index (χ4n) is 11.9. The van der Waals surface area contributed by atoms with Crippen molar-refractivity contribution in [1.29, 1.82) is 0 Å². The van der Waals surface area contributed by atoms with E-state index in [1.54, 1.807) is 27.3 Å². The van der Waals surface area contributed by atoms with Gasteiger partial charge in [-0.05, 0) is 110 Å². The predicted molar refractivity (Wildman–Crippen MR) is 292 cm³/mol. The van der Waals surface area contributed by atoms with Crippen LogP contribution in [0, 0.1) is 6.33 Å². The van der Waals surface area contributed by atoms with Crippen LogP contribution in [0.3, 0.4) is 0 Å². The molecule has 0 unspecified atom stereocenters. The van der Waals surface area contributed by atoms with Crippen LogP contribution in [0.1, 0.15) is 58.6 Å². The molecule has 5 nitrogen and oxygen atoms in total. The summed E-state index contributed by atoms with van der Waals surface area (Å²) in [5.41, 5.74) is 12.2. The van der Waals surface area contributed by atoms with Crippen molar-refractivity contribution in [3.63, 3.8) is 0 Å². The molecule has 0 radical (unpaired) electrons. The summed E-state index contributed by atoms with van der Waals surface area (Å²) < 4.78 is 100. The summed E-state index contributed by atoms with van der Waals surface area (Å²) >= 11 is 0. The van der Waals surface area contributed by atoms with E-state index in [1.165, 1.54) is 33.4 Å². The van der Waals surface area contributed by atoms with Crippen LogP contribution in [0.2, 0.25) is 0 Å². The largest absolute Gasteiger partial charge is 0.458 e. The maximum Gasteiger partial charge on any atom is 0.269 e. The van der Waals surface area contributed by atoms with E-state index in [-0.39, 0.29) is 33.9 Å². The van der Waals surface area contributed by atoms with Gasteiger partial charge < -0.3 is 4.74 Å². The molecule has 10 aromatic carbocycles. The van der Waals surface area contributed by atoms with Gasteiger partial charge >= 0.3 is 0 Å². The average molecular weight is 943 g/mol. The second-order valence-corrected chi connectivity index (χ2v) is 18.4. The minimum Gasteiger partial charge on any atom is -0.458 e. The van der Waals surface area contributed by atoms with Gasteiger partial charge in [-0.2, -0.15) is 0 Å². The number of fused-ring (bicyclic) bond motifs is 4. The van der Waals surface area contributed by atoms with Crippen molar-refractivity contribution in [2.24, 2.45) is 0 Å². The van der Waals surface area contributed by atoms with Gasteiger partial charge in [0, 0.05) is 29.0 Å². The van der Waals surface area contributed by atoms with Crippen molar-refractivity contribution in [1.82, 2.24) is 14.1 Å². The summed E-state index contributed by atoms with van der Waals surface area (Å²) in [7, 11) is 0. The highest BCUT2D eigenvalue weighted by atomic mass is 16.5. The molecule has 0 saturated carbocycles. The van der Waals surface area contributed by atoms with Gasteiger partial charge in [0.25, 0.3) is 6.33 Å². The molecule has 0 amide bonds. The first-order chi connectivity index (χ1) is 40.4. The first kappa shape index (κ1) is 32.3. The number of ether oxygens (including phenoxy) is 1. The van der Waals surface area contributed by atoms with Crippen LogP contribution in [-0.2, 0) is 5.41 Å². The Bertz CT molecular complexity index is 4690. The Balaban J connectivity index is 0.869. The first-order valence-corrected chi connectivity index (χ1v) is 24.2. The van der Waals surface area contributed by atoms with Gasteiger partial charge in [0.1, 0.15) is 17.3 Å². The zero-order valence-corrected chi connectivity index (χ0v) is 38.8. The lowest BCUT2D eigenvalue weighted by molar-refractivity contribution is -0.571. The van der Waals surface area contributed by atoms with Crippen molar-refractivity contribution in [2.75, 3.05) is 0 Å². The molecule has 342 valence electrons. The smallest absolute Gasteiger partial charge is 0.269 e. The molecule has 0 saturated heterocycles. The maximum absolute atomic E-state index is 9.09. The molecule has 2 bridgehead atoms. The second kappa shape index (κ2) is 16.2. The van der Waals surface area contributed by atoms with Crippen LogP contribution in [-0.4, -0.2) is 14.1 Å². The van der Waals surface area contributed by atoms with Crippen LogP contribution in [0.4, 0.5) is 0 Å². The lowest BCUT2D eigenvalue weighted by Gasteiger charge is -2.51. The van der Waals surface area contributed by atoms with Crippen molar-refractivity contribution in [3.05, 3.63) is 306 Å². The van der Waals surface area contributed by atoms with Crippen LogP contribution < -0.4 is 9.30 Å². The standard InChI is InChI=1S/C68H44N4O/c1-3-19-45(20-4-1)51-29-18-30-52(46-21-5-2-6-22-46)67(51)71-44-70(62-35-15-16-36-63(62)71)48-23-17-24-49(42-48)73-50-37-38-54-53-25-10-14-34-61(53)72(64(54)43-50)65-41-47(39-40-69-65)68-58-31-11-7-26-55(58)66(56-27-8-12-32-59(56)68)57-28-9-13-33-60(57)68/h1-43,66H/i1D,2D,3D,4D,5D,6D,19D,20D,21D,22D. The van der Waals surface area contributed by atoms with E-state index < -0.39 is 65.8 Å². The highest BCUT2D eigenvalue weighted by Crippen LogP contribution is 2.61. The number of para-hydroxylation sites is 4. The normalized spacial score (nSPS) is 17.2. The van der Waals surface area contributed by atoms with Crippen molar-refractivity contribution < 1.29 is 23.0 Å². The lowest BCUT2D eigenvalue weighted by atomic mass is 9.51. The Labute approximate surface area is 436 Å². The number of aromatic nitrogens is 4. The summed E-state index contributed by atoms with van der Waals surface area (Å²) in [5, 5.41) is 2.09. The Morgan fingerprint density at radius 2 is 1.08 bits per heavy atom. The molecular weight excluding hydrogens is 889 g/mol. The number of pyridine rings is 1. The molecule has 0 fully saturated rings. The van der Waals surface area contributed by atoms with Crippen molar-refractivity contribution in [3.8, 4) is 50.9 Å². The molecule has 0 atom stereocenters. The summed E-state index contributed by atoms with van der Waals surface area (Å²) in [4.78, 5) is 5.14. The van der Waals surface area contributed by atoms with Gasteiger partial charge in [-0.3, -0.25) is 13.7 Å². The van der Waals surface area contributed by atoms with Gasteiger partial charge in [-0.1, -0.05) is 200 Å². The third kappa shape index (κ3) is 6.15. The third-order valence-corrected chi connectivity index (χ3v) is 14.8. The molecule has 16 rings (SSSR count). The van der Waals surface area contributed by atoms with Crippen molar-refractivity contribution in [2.45, 2.75) is 11.3 Å². The Morgan fingerprint density at radius 1 is 0.507 bits per heavy atom. The highest BCUT2D eigenvalue weighted by Gasteiger charge is 2.52. The van der Waals surface area contributed by atoms with Gasteiger partial charge in [0.2, 0.25) is 0 Å². The lowest BCUT2D eigenvalue weighted by Crippen LogP contribution is -2.43. The summed E-state index contributed by atoms with van der Waals surface area (Å²) in [6.07, 6.45) is 5.40. The van der Waals surface area contributed by atoms with E-state index >= 15 is 0 Å². The fourth-order valence-corrected chi connectivity index (χ4v) is 11.9. The van der Waals surface area contributed by atoms with Gasteiger partial charge in [-0.15, -0.1) is 0 Å². The van der Waals surface area contributed by atoms with E-state index in [0.717, 1.165) is 33.2 Å². The monoisotopic (exact) mass is 942 g/mol. The van der Waals surface area contributed by atoms with Crippen LogP contribution in [0.15, 0.2) is 261 Å². The third-order valence-electron chi connectivity index (χ3n) is 14.8. The zero-order chi connectivity index (χ0) is 56.7. The highest BCUT2D eigenvalue weighted by molar-refractivity contribution is 6.09. The Kier molecular flexibility index (Phi) is 7.19. The number of nitrogens with zero attached hydrogens (tertiary/aromatic N) is 4. The van der Waals surface area contributed by atoms with Gasteiger partial charge in [-0.25, -0.2) is 4.98 Å². The average Bonchev–Trinajstić information content (AvgIpc) is 3.17. The molecule has 3 heterocycles. The van der Waals surface area contributed by atoms with Gasteiger partial charge in [0.05, 0.1) is 52.6 Å². The van der Waals surface area contributed by atoms with E-state index in [1.807, 2.05) is 79.0 Å². The minimum atomic E-state index is -0.601. The maximum atomic E-state index is 9.09. The molecule has 0 spiro atoms. The quantitative estimate of drug-likeness (QED) is 0.112. The minimum absolute atomic E-state index is 0.132. The molecule has 3 aromatic heterocycles. The molecule has 13 aromatic rings.